The van der Waals surface area contributed by atoms with Crippen molar-refractivity contribution in [3.63, 3.8) is 0 Å². The Morgan fingerprint density at radius 2 is 1.89 bits per heavy atom. The lowest BCUT2D eigenvalue weighted by Gasteiger charge is -2.34. The zero-order valence-corrected chi connectivity index (χ0v) is 17.9. The number of piperazine rings is 1. The number of benzene rings is 2. The number of nitrogens with zero attached hydrogens (tertiary/aromatic N) is 3. The fourth-order valence-electron chi connectivity index (χ4n) is 3.43. The van der Waals surface area contributed by atoms with Crippen LogP contribution in [0, 0.1) is 13.8 Å². The second-order valence-electron chi connectivity index (χ2n) is 7.08. The molecule has 0 spiro atoms. The number of hydrogen-bond acceptors (Lipinski definition) is 4. The molecule has 1 aliphatic heterocycles. The summed E-state index contributed by atoms with van der Waals surface area (Å²) >= 11 is 5.23. The maximum absolute atomic E-state index is 12.7. The summed E-state index contributed by atoms with van der Waals surface area (Å²) in [5, 5.41) is 1.05. The molecule has 2 heterocycles. The SMILES string of the molecule is Cc1ccc(C)c(CC(=O)N2CCN(c3nc4ccc(Br)cc4s3)CC2)c1. The van der Waals surface area contributed by atoms with Gasteiger partial charge in [0.2, 0.25) is 5.91 Å². The van der Waals surface area contributed by atoms with Gasteiger partial charge in [-0.2, -0.15) is 0 Å². The Labute approximate surface area is 171 Å². The second kappa shape index (κ2) is 7.60. The van der Waals surface area contributed by atoms with E-state index in [2.05, 4.69) is 58.9 Å². The molecule has 1 amide bonds. The Hall–Kier alpha value is -1.92. The number of hydrogen-bond donors (Lipinski definition) is 0. The zero-order chi connectivity index (χ0) is 19.0. The van der Waals surface area contributed by atoms with Gasteiger partial charge in [0.05, 0.1) is 16.6 Å². The number of rotatable bonds is 3. The molecule has 1 aliphatic rings. The first kappa shape index (κ1) is 18.4. The normalized spacial score (nSPS) is 14.8. The van der Waals surface area contributed by atoms with Crippen molar-refractivity contribution in [2.24, 2.45) is 0 Å². The second-order valence-corrected chi connectivity index (χ2v) is 9.01. The topological polar surface area (TPSA) is 36.4 Å². The third kappa shape index (κ3) is 4.01. The van der Waals surface area contributed by atoms with Crippen LogP contribution >= 0.6 is 27.3 Å². The fraction of sp³-hybridized carbons (Fsp3) is 0.333. The van der Waals surface area contributed by atoms with Crippen molar-refractivity contribution in [2.45, 2.75) is 20.3 Å². The predicted molar refractivity (Wildman–Crippen MR) is 116 cm³/mol. The summed E-state index contributed by atoms with van der Waals surface area (Å²) < 4.78 is 2.26. The van der Waals surface area contributed by atoms with E-state index in [-0.39, 0.29) is 5.91 Å². The smallest absolute Gasteiger partial charge is 0.227 e. The van der Waals surface area contributed by atoms with E-state index in [1.54, 1.807) is 11.3 Å². The molecule has 0 saturated carbocycles. The molecule has 0 unspecified atom stereocenters. The van der Waals surface area contributed by atoms with Crippen LogP contribution in [0.5, 0.6) is 0 Å². The standard InChI is InChI=1S/C21H22BrN3OS/c1-14-3-4-15(2)16(11-14)12-20(26)24-7-9-25(10-8-24)21-23-18-6-5-17(22)13-19(18)27-21/h3-6,11,13H,7-10,12H2,1-2H3. The van der Waals surface area contributed by atoms with Crippen LogP contribution in [-0.2, 0) is 11.2 Å². The molecule has 140 valence electrons. The summed E-state index contributed by atoms with van der Waals surface area (Å²) in [5.41, 5.74) is 4.56. The molecule has 0 atom stereocenters. The van der Waals surface area contributed by atoms with Crippen molar-refractivity contribution < 1.29 is 4.79 Å². The molecule has 3 aromatic rings. The summed E-state index contributed by atoms with van der Waals surface area (Å²) in [6.45, 7) is 7.32. The first-order valence-electron chi connectivity index (χ1n) is 9.14. The van der Waals surface area contributed by atoms with Gasteiger partial charge in [-0.3, -0.25) is 4.79 Å². The van der Waals surface area contributed by atoms with Gasteiger partial charge < -0.3 is 9.80 Å². The minimum absolute atomic E-state index is 0.219. The van der Waals surface area contributed by atoms with E-state index in [1.165, 1.54) is 15.8 Å². The molecule has 27 heavy (non-hydrogen) atoms. The van der Waals surface area contributed by atoms with Crippen LogP contribution in [0.3, 0.4) is 0 Å². The number of aromatic nitrogens is 1. The Balaban J connectivity index is 1.40. The van der Waals surface area contributed by atoms with Crippen molar-refractivity contribution >= 4 is 48.5 Å². The van der Waals surface area contributed by atoms with Crippen LogP contribution < -0.4 is 4.90 Å². The molecule has 1 saturated heterocycles. The van der Waals surface area contributed by atoms with Gasteiger partial charge in [-0.25, -0.2) is 4.98 Å². The number of fused-ring (bicyclic) bond motifs is 1. The van der Waals surface area contributed by atoms with E-state index in [1.807, 2.05) is 17.0 Å². The molecule has 0 radical (unpaired) electrons. The number of halogens is 1. The lowest BCUT2D eigenvalue weighted by molar-refractivity contribution is -0.130. The lowest BCUT2D eigenvalue weighted by Crippen LogP contribution is -2.49. The molecule has 4 nitrogen and oxygen atoms in total. The van der Waals surface area contributed by atoms with Crippen molar-refractivity contribution in [3.8, 4) is 0 Å². The number of carbonyl (C=O) groups is 1. The largest absolute Gasteiger partial charge is 0.345 e. The quantitative estimate of drug-likeness (QED) is 0.594. The summed E-state index contributed by atoms with van der Waals surface area (Å²) in [4.78, 5) is 21.8. The lowest BCUT2D eigenvalue weighted by atomic mass is 10.0. The molecular weight excluding hydrogens is 422 g/mol. The fourth-order valence-corrected chi connectivity index (χ4v) is 5.00. The number of aryl methyl sites for hydroxylation is 2. The third-order valence-electron chi connectivity index (χ3n) is 5.09. The Morgan fingerprint density at radius 1 is 1.11 bits per heavy atom. The monoisotopic (exact) mass is 443 g/mol. The van der Waals surface area contributed by atoms with Crippen molar-refractivity contribution in [3.05, 3.63) is 57.6 Å². The summed E-state index contributed by atoms with van der Waals surface area (Å²) in [7, 11) is 0. The van der Waals surface area contributed by atoms with Crippen LogP contribution in [0.4, 0.5) is 5.13 Å². The van der Waals surface area contributed by atoms with Gasteiger partial charge in [-0.15, -0.1) is 0 Å². The molecule has 1 fully saturated rings. The van der Waals surface area contributed by atoms with E-state index >= 15 is 0 Å². The Kier molecular flexibility index (Phi) is 5.19. The van der Waals surface area contributed by atoms with Gasteiger partial charge in [-0.05, 0) is 43.2 Å². The third-order valence-corrected chi connectivity index (χ3v) is 6.66. The molecule has 1 aromatic heterocycles. The maximum atomic E-state index is 12.7. The summed E-state index contributed by atoms with van der Waals surface area (Å²) in [6.07, 6.45) is 0.489. The van der Waals surface area contributed by atoms with Gasteiger partial charge in [-0.1, -0.05) is 51.0 Å². The highest BCUT2D eigenvalue weighted by Gasteiger charge is 2.23. The number of thiazole rings is 1. The molecule has 0 bridgehead atoms. The number of anilines is 1. The highest BCUT2D eigenvalue weighted by atomic mass is 79.9. The minimum atomic E-state index is 0.219. The predicted octanol–water partition coefficient (Wildman–Crippen LogP) is 4.57. The van der Waals surface area contributed by atoms with Gasteiger partial charge in [0.15, 0.2) is 5.13 Å². The van der Waals surface area contributed by atoms with Crippen LogP contribution in [-0.4, -0.2) is 42.0 Å². The van der Waals surface area contributed by atoms with E-state index < -0.39 is 0 Å². The molecule has 6 heteroatoms. The van der Waals surface area contributed by atoms with Crippen molar-refractivity contribution in [1.82, 2.24) is 9.88 Å². The molecular formula is C21H22BrN3OS. The van der Waals surface area contributed by atoms with Crippen molar-refractivity contribution in [2.75, 3.05) is 31.1 Å². The minimum Gasteiger partial charge on any atom is -0.345 e. The van der Waals surface area contributed by atoms with Gasteiger partial charge in [0.1, 0.15) is 0 Å². The average Bonchev–Trinajstić information content (AvgIpc) is 3.08. The van der Waals surface area contributed by atoms with Gasteiger partial charge in [0, 0.05) is 30.7 Å². The molecule has 0 N–H and O–H groups in total. The Morgan fingerprint density at radius 3 is 2.67 bits per heavy atom. The number of carbonyl (C=O) groups excluding carboxylic acids is 1. The van der Waals surface area contributed by atoms with E-state index in [0.29, 0.717) is 6.42 Å². The van der Waals surface area contributed by atoms with E-state index in [0.717, 1.165) is 46.9 Å². The molecule has 4 rings (SSSR count). The van der Waals surface area contributed by atoms with Gasteiger partial charge in [0.25, 0.3) is 0 Å². The number of amides is 1. The highest BCUT2D eigenvalue weighted by molar-refractivity contribution is 9.10. The van der Waals surface area contributed by atoms with Crippen LogP contribution in [0.2, 0.25) is 0 Å². The molecule has 2 aromatic carbocycles. The summed E-state index contributed by atoms with van der Waals surface area (Å²) in [6, 6.07) is 12.5. The summed E-state index contributed by atoms with van der Waals surface area (Å²) in [5.74, 6) is 0.219. The Bertz CT molecular complexity index is 992. The first-order chi connectivity index (χ1) is 13.0. The van der Waals surface area contributed by atoms with Crippen LogP contribution in [0.1, 0.15) is 16.7 Å². The van der Waals surface area contributed by atoms with Crippen LogP contribution in [0.25, 0.3) is 10.2 Å². The average molecular weight is 444 g/mol. The van der Waals surface area contributed by atoms with Crippen LogP contribution in [0.15, 0.2) is 40.9 Å². The van der Waals surface area contributed by atoms with Crippen molar-refractivity contribution in [1.29, 1.82) is 0 Å². The first-order valence-corrected chi connectivity index (χ1v) is 10.8. The van der Waals surface area contributed by atoms with Gasteiger partial charge >= 0.3 is 0 Å². The van der Waals surface area contributed by atoms with E-state index in [9.17, 15) is 4.79 Å². The highest BCUT2D eigenvalue weighted by Crippen LogP contribution is 2.31. The zero-order valence-electron chi connectivity index (χ0n) is 15.5. The maximum Gasteiger partial charge on any atom is 0.227 e. The molecule has 0 aliphatic carbocycles. The van der Waals surface area contributed by atoms with E-state index in [4.69, 9.17) is 4.98 Å².